The summed E-state index contributed by atoms with van der Waals surface area (Å²) in [4.78, 5) is 37.2. The van der Waals surface area contributed by atoms with Crippen LogP contribution < -0.4 is 10.6 Å². The number of amides is 1. The molecular formula is C31H57N5O4. The van der Waals surface area contributed by atoms with Crippen molar-refractivity contribution in [2.45, 2.75) is 85.5 Å². The van der Waals surface area contributed by atoms with Crippen LogP contribution in [0.1, 0.15) is 96.2 Å². The van der Waals surface area contributed by atoms with Crippen molar-refractivity contribution < 1.29 is 19.1 Å². The molecule has 1 amide bonds. The SMILES string of the molecule is CCC(C)C.COC.COCCCNc1nc(C(C)(C)C)ncc1C(=O)CC1CNCC(C(=O)N2CCCC2)C1. The molecule has 2 aliphatic heterocycles. The van der Waals surface area contributed by atoms with Gasteiger partial charge in [0.2, 0.25) is 5.91 Å². The van der Waals surface area contributed by atoms with Gasteiger partial charge in [-0.15, -0.1) is 0 Å². The fourth-order valence-corrected chi connectivity index (χ4v) is 4.45. The Bertz CT molecular complexity index is 866. The minimum Gasteiger partial charge on any atom is -0.388 e. The molecule has 0 saturated carbocycles. The second-order valence-corrected chi connectivity index (χ2v) is 12.3. The Labute approximate surface area is 243 Å². The number of carbonyl (C=O) groups is 2. The third-order valence-electron chi connectivity index (χ3n) is 7.08. The highest BCUT2D eigenvalue weighted by Crippen LogP contribution is 2.27. The lowest BCUT2D eigenvalue weighted by Crippen LogP contribution is -2.45. The van der Waals surface area contributed by atoms with Gasteiger partial charge in [-0.1, -0.05) is 48.0 Å². The lowest BCUT2D eigenvalue weighted by atomic mass is 9.85. The maximum absolute atomic E-state index is 13.2. The summed E-state index contributed by atoms with van der Waals surface area (Å²) in [6, 6.07) is 0. The highest BCUT2D eigenvalue weighted by atomic mass is 16.5. The van der Waals surface area contributed by atoms with Gasteiger partial charge in [-0.25, -0.2) is 9.97 Å². The predicted octanol–water partition coefficient (Wildman–Crippen LogP) is 4.96. The van der Waals surface area contributed by atoms with Crippen LogP contribution in [0.4, 0.5) is 5.82 Å². The van der Waals surface area contributed by atoms with E-state index < -0.39 is 0 Å². The summed E-state index contributed by atoms with van der Waals surface area (Å²) >= 11 is 0. The van der Waals surface area contributed by atoms with Gasteiger partial charge in [-0.05, 0) is 44.1 Å². The van der Waals surface area contributed by atoms with Gasteiger partial charge < -0.3 is 25.0 Å². The molecule has 3 heterocycles. The summed E-state index contributed by atoms with van der Waals surface area (Å²) in [5.74, 6) is 2.56. The molecular weight excluding hydrogens is 506 g/mol. The van der Waals surface area contributed by atoms with Gasteiger partial charge in [0.1, 0.15) is 11.6 Å². The lowest BCUT2D eigenvalue weighted by molar-refractivity contribution is -0.135. The summed E-state index contributed by atoms with van der Waals surface area (Å²) in [7, 11) is 4.93. The van der Waals surface area contributed by atoms with E-state index in [1.54, 1.807) is 27.5 Å². The van der Waals surface area contributed by atoms with Crippen LogP contribution in [0.3, 0.4) is 0 Å². The van der Waals surface area contributed by atoms with Crippen molar-refractivity contribution in [3.63, 3.8) is 0 Å². The monoisotopic (exact) mass is 563 g/mol. The third-order valence-corrected chi connectivity index (χ3v) is 7.08. The van der Waals surface area contributed by atoms with E-state index in [4.69, 9.17) is 9.72 Å². The number of methoxy groups -OCH3 is 2. The number of ether oxygens (including phenoxy) is 2. The van der Waals surface area contributed by atoms with E-state index in [0.29, 0.717) is 43.3 Å². The normalized spacial score (nSPS) is 18.9. The summed E-state index contributed by atoms with van der Waals surface area (Å²) in [6.45, 7) is 17.3. The zero-order chi connectivity index (χ0) is 30.1. The number of aromatic nitrogens is 2. The molecule has 0 aromatic carbocycles. The first kappa shape index (κ1) is 35.9. The van der Waals surface area contributed by atoms with Gasteiger partial charge >= 0.3 is 0 Å². The Morgan fingerprint density at radius 3 is 2.33 bits per heavy atom. The second kappa shape index (κ2) is 19.1. The van der Waals surface area contributed by atoms with Gasteiger partial charge in [0, 0.05) is 72.1 Å². The number of hydrogen-bond donors (Lipinski definition) is 2. The summed E-state index contributed by atoms with van der Waals surface area (Å²) in [5.41, 5.74) is 0.324. The van der Waals surface area contributed by atoms with E-state index in [1.807, 2.05) is 4.90 Å². The third kappa shape index (κ3) is 13.0. The minimum atomic E-state index is -0.207. The topological polar surface area (TPSA) is 106 Å². The number of carbonyl (C=O) groups excluding carboxylic acids is 2. The van der Waals surface area contributed by atoms with Crippen molar-refractivity contribution >= 4 is 17.5 Å². The predicted molar refractivity (Wildman–Crippen MR) is 163 cm³/mol. The summed E-state index contributed by atoms with van der Waals surface area (Å²) in [5, 5.41) is 6.69. The van der Waals surface area contributed by atoms with E-state index >= 15 is 0 Å². The van der Waals surface area contributed by atoms with Gasteiger partial charge in [0.25, 0.3) is 0 Å². The van der Waals surface area contributed by atoms with Crippen LogP contribution >= 0.6 is 0 Å². The molecule has 0 radical (unpaired) electrons. The maximum Gasteiger partial charge on any atom is 0.226 e. The molecule has 9 nitrogen and oxygen atoms in total. The number of likely N-dealkylation sites (tertiary alicyclic amines) is 1. The van der Waals surface area contributed by atoms with E-state index in [2.05, 4.69) is 61.9 Å². The first-order valence-corrected chi connectivity index (χ1v) is 15.0. The molecule has 40 heavy (non-hydrogen) atoms. The molecule has 0 aliphatic carbocycles. The molecule has 230 valence electrons. The van der Waals surface area contributed by atoms with Crippen molar-refractivity contribution in [1.29, 1.82) is 0 Å². The number of nitrogens with one attached hydrogen (secondary N) is 2. The minimum absolute atomic E-state index is 0.0285. The van der Waals surface area contributed by atoms with Crippen molar-refractivity contribution in [3.8, 4) is 0 Å². The second-order valence-electron chi connectivity index (χ2n) is 12.3. The average Bonchev–Trinajstić information content (AvgIpc) is 3.46. The number of rotatable bonds is 10. The van der Waals surface area contributed by atoms with Crippen LogP contribution in [0.25, 0.3) is 0 Å². The molecule has 2 atom stereocenters. The van der Waals surface area contributed by atoms with Crippen LogP contribution in [-0.2, 0) is 19.7 Å². The molecule has 2 saturated heterocycles. The molecule has 1 aromatic heterocycles. The van der Waals surface area contributed by atoms with Gasteiger partial charge in [-0.2, -0.15) is 0 Å². The lowest BCUT2D eigenvalue weighted by Gasteiger charge is -2.31. The van der Waals surface area contributed by atoms with E-state index in [0.717, 1.165) is 51.2 Å². The fraction of sp³-hybridized carbons (Fsp3) is 0.806. The Hall–Kier alpha value is -2.10. The van der Waals surface area contributed by atoms with Crippen LogP contribution in [0.15, 0.2) is 6.20 Å². The summed E-state index contributed by atoms with van der Waals surface area (Å²) < 4.78 is 9.37. The standard InChI is InChI=1S/C24H39N5O3.C5H12.C2H6O/c1-24(2,3)23-27-16-19(21(28-23)26-8-7-11-32-4)20(30)13-17-12-18(15-25-14-17)22(31)29-9-5-6-10-29;1-4-5(2)3;1-3-2/h16-18,25H,5-15H2,1-4H3,(H,26,27,28);5H,4H2,1-3H3;1-2H3. The highest BCUT2D eigenvalue weighted by Gasteiger charge is 2.33. The highest BCUT2D eigenvalue weighted by molar-refractivity contribution is 6.00. The van der Waals surface area contributed by atoms with Gasteiger partial charge in [-0.3, -0.25) is 9.59 Å². The Kier molecular flexibility index (Phi) is 17.2. The zero-order valence-electron chi connectivity index (χ0n) is 26.8. The van der Waals surface area contributed by atoms with E-state index in [1.165, 1.54) is 6.42 Å². The van der Waals surface area contributed by atoms with Crippen molar-refractivity contribution in [2.75, 3.05) is 66.0 Å². The first-order valence-electron chi connectivity index (χ1n) is 15.0. The molecule has 2 unspecified atom stereocenters. The molecule has 0 bridgehead atoms. The molecule has 0 spiro atoms. The number of hydrogen-bond acceptors (Lipinski definition) is 8. The molecule has 3 rings (SSSR count). The van der Waals surface area contributed by atoms with Crippen molar-refractivity contribution in [1.82, 2.24) is 20.2 Å². The van der Waals surface area contributed by atoms with Crippen molar-refractivity contribution in [3.05, 3.63) is 17.6 Å². The number of piperidine rings is 1. The fourth-order valence-electron chi connectivity index (χ4n) is 4.45. The Morgan fingerprint density at radius 2 is 1.77 bits per heavy atom. The van der Waals surface area contributed by atoms with Gasteiger partial charge in [0.05, 0.1) is 11.5 Å². The van der Waals surface area contributed by atoms with Gasteiger partial charge in [0.15, 0.2) is 5.78 Å². The smallest absolute Gasteiger partial charge is 0.226 e. The Balaban J connectivity index is 0.000000884. The molecule has 9 heteroatoms. The number of nitrogens with zero attached hydrogens (tertiary/aromatic N) is 3. The maximum atomic E-state index is 13.2. The molecule has 1 aromatic rings. The largest absolute Gasteiger partial charge is 0.388 e. The summed E-state index contributed by atoms with van der Waals surface area (Å²) in [6.07, 6.45) is 7.13. The van der Waals surface area contributed by atoms with E-state index in [9.17, 15) is 9.59 Å². The van der Waals surface area contributed by atoms with Crippen LogP contribution in [0.5, 0.6) is 0 Å². The zero-order valence-corrected chi connectivity index (χ0v) is 26.8. The van der Waals surface area contributed by atoms with Crippen LogP contribution in [0, 0.1) is 17.8 Å². The van der Waals surface area contributed by atoms with Crippen molar-refractivity contribution in [2.24, 2.45) is 17.8 Å². The van der Waals surface area contributed by atoms with Crippen LogP contribution in [0.2, 0.25) is 0 Å². The Morgan fingerprint density at radius 1 is 1.15 bits per heavy atom. The van der Waals surface area contributed by atoms with Crippen LogP contribution in [-0.4, -0.2) is 87.2 Å². The molecule has 2 aliphatic rings. The molecule has 2 fully saturated rings. The number of anilines is 1. The number of ketones is 1. The quantitative estimate of drug-likeness (QED) is 0.304. The number of Topliss-reactive ketones (excluding diaryl/α,β-unsaturated/α-hetero) is 1. The molecule has 2 N–H and O–H groups in total. The first-order chi connectivity index (χ1) is 19.0. The van der Waals surface area contributed by atoms with E-state index in [-0.39, 0.29) is 28.9 Å². The average molecular weight is 564 g/mol.